The summed E-state index contributed by atoms with van der Waals surface area (Å²) in [5.41, 5.74) is 0. The molecule has 0 rings (SSSR count). The van der Waals surface area contributed by atoms with Crippen molar-refractivity contribution in [2.75, 3.05) is 0 Å². The molecule has 0 saturated carbocycles. The van der Waals surface area contributed by atoms with Crippen LogP contribution in [0.5, 0.6) is 0 Å². The molecule has 0 saturated heterocycles. The van der Waals surface area contributed by atoms with Crippen LogP contribution in [-0.4, -0.2) is 0 Å². The van der Waals surface area contributed by atoms with Crippen molar-refractivity contribution in [2.45, 2.75) is 117 Å². The maximum atomic E-state index is 2.54. The average Bonchev–Trinajstić information content (AvgIpc) is 2.43. The molecule has 0 atom stereocenters. The lowest BCUT2D eigenvalue weighted by Crippen LogP contribution is -1.84. The molecule has 115 valence electrons. The molecule has 0 aromatic rings. The molecule has 0 spiro atoms. The van der Waals surface area contributed by atoms with Crippen molar-refractivity contribution in [3.05, 3.63) is 6.42 Å². The SMILES string of the molecule is CCCCCCCCC[CH]CCCCCCCCC. The smallest absolute Gasteiger partial charge is 0.0386 e. The summed E-state index contributed by atoms with van der Waals surface area (Å²) in [5, 5.41) is 0. The number of hydrogen-bond acceptors (Lipinski definition) is 0. The quantitative estimate of drug-likeness (QED) is 0.254. The van der Waals surface area contributed by atoms with Gasteiger partial charge in [-0.05, 0) is 6.42 Å². The average molecular weight is 268 g/mol. The third-order valence-corrected chi connectivity index (χ3v) is 4.02. The van der Waals surface area contributed by atoms with E-state index in [0.29, 0.717) is 0 Å². The molecule has 0 heteroatoms. The third-order valence-electron chi connectivity index (χ3n) is 4.02. The van der Waals surface area contributed by atoms with Gasteiger partial charge in [0.15, 0.2) is 0 Å². The van der Waals surface area contributed by atoms with Gasteiger partial charge in [-0.1, -0.05) is 117 Å². The van der Waals surface area contributed by atoms with Crippen molar-refractivity contribution in [2.24, 2.45) is 0 Å². The molecule has 0 fully saturated rings. The lowest BCUT2D eigenvalue weighted by Gasteiger charge is -2.03. The highest BCUT2D eigenvalue weighted by Crippen LogP contribution is 2.13. The fraction of sp³-hybridized carbons (Fsp3) is 0.947. The monoisotopic (exact) mass is 267 g/mol. The van der Waals surface area contributed by atoms with Crippen molar-refractivity contribution in [3.63, 3.8) is 0 Å². The first kappa shape index (κ1) is 19.0. The van der Waals surface area contributed by atoms with E-state index in [9.17, 15) is 0 Å². The molecule has 0 N–H and O–H groups in total. The van der Waals surface area contributed by atoms with E-state index in [1.807, 2.05) is 0 Å². The van der Waals surface area contributed by atoms with Gasteiger partial charge in [0.25, 0.3) is 0 Å². The van der Waals surface area contributed by atoms with E-state index in [1.54, 1.807) is 0 Å². The van der Waals surface area contributed by atoms with Crippen LogP contribution in [0.4, 0.5) is 0 Å². The van der Waals surface area contributed by atoms with E-state index in [-0.39, 0.29) is 0 Å². The molecule has 0 unspecified atom stereocenters. The molecule has 0 aromatic heterocycles. The van der Waals surface area contributed by atoms with Gasteiger partial charge < -0.3 is 0 Å². The maximum Gasteiger partial charge on any atom is -0.0386 e. The Balaban J connectivity index is 2.88. The number of unbranched alkanes of at least 4 members (excludes halogenated alkanes) is 16. The van der Waals surface area contributed by atoms with Gasteiger partial charge in [0.1, 0.15) is 0 Å². The standard InChI is InChI=1S/C19H39/c1-3-5-7-9-11-13-15-17-19-18-16-14-12-10-8-6-4-2/h19H,3-18H2,1-2H3. The second kappa shape index (κ2) is 18.0. The predicted octanol–water partition coefficient (Wildman–Crippen LogP) is 7.47. The van der Waals surface area contributed by atoms with Crippen molar-refractivity contribution in [1.29, 1.82) is 0 Å². The summed E-state index contributed by atoms with van der Waals surface area (Å²) in [7, 11) is 0. The van der Waals surface area contributed by atoms with Crippen molar-refractivity contribution >= 4 is 0 Å². The minimum atomic E-state index is 1.36. The number of rotatable bonds is 16. The Kier molecular flexibility index (Phi) is 18.0. The Morgan fingerprint density at radius 2 is 0.737 bits per heavy atom. The summed E-state index contributed by atoms with van der Waals surface area (Å²) in [4.78, 5) is 0. The Hall–Kier alpha value is 0. The zero-order valence-electron chi connectivity index (χ0n) is 13.9. The molecule has 0 amide bonds. The Morgan fingerprint density at radius 1 is 0.421 bits per heavy atom. The Morgan fingerprint density at radius 3 is 1.11 bits per heavy atom. The first-order valence-corrected chi connectivity index (χ1v) is 9.23. The van der Waals surface area contributed by atoms with Crippen LogP contribution < -0.4 is 0 Å². The van der Waals surface area contributed by atoms with Gasteiger partial charge in [0.05, 0.1) is 0 Å². The van der Waals surface area contributed by atoms with E-state index in [2.05, 4.69) is 20.3 Å². The first-order chi connectivity index (χ1) is 9.41. The van der Waals surface area contributed by atoms with Crippen LogP contribution in [0.3, 0.4) is 0 Å². The minimum absolute atomic E-state index is 1.36. The molecule has 0 heterocycles. The summed E-state index contributed by atoms with van der Waals surface area (Å²) in [6.45, 7) is 4.58. The highest BCUT2D eigenvalue weighted by Gasteiger charge is 1.94. The van der Waals surface area contributed by atoms with Gasteiger partial charge in [0.2, 0.25) is 0 Å². The van der Waals surface area contributed by atoms with Crippen LogP contribution in [0.2, 0.25) is 0 Å². The number of hydrogen-bond donors (Lipinski definition) is 0. The second-order valence-electron chi connectivity index (χ2n) is 6.11. The van der Waals surface area contributed by atoms with E-state index in [4.69, 9.17) is 0 Å². The minimum Gasteiger partial charge on any atom is -0.0654 e. The van der Waals surface area contributed by atoms with Gasteiger partial charge >= 0.3 is 0 Å². The maximum absolute atomic E-state index is 2.54. The molecule has 0 aliphatic carbocycles. The van der Waals surface area contributed by atoms with E-state index < -0.39 is 0 Å². The molecule has 1 radical (unpaired) electrons. The normalized spacial score (nSPS) is 11.1. The van der Waals surface area contributed by atoms with Crippen LogP contribution >= 0.6 is 0 Å². The summed E-state index contributed by atoms with van der Waals surface area (Å²) in [6.07, 6.45) is 25.4. The summed E-state index contributed by atoms with van der Waals surface area (Å²) in [6, 6.07) is 0. The summed E-state index contributed by atoms with van der Waals surface area (Å²) < 4.78 is 0. The first-order valence-electron chi connectivity index (χ1n) is 9.23. The van der Waals surface area contributed by atoms with Crippen LogP contribution in [0, 0.1) is 6.42 Å². The molecule has 0 aliphatic heterocycles. The molecule has 0 aromatic carbocycles. The fourth-order valence-electron chi connectivity index (χ4n) is 2.64. The van der Waals surface area contributed by atoms with Gasteiger partial charge in [-0.2, -0.15) is 0 Å². The topological polar surface area (TPSA) is 0 Å². The zero-order chi connectivity index (χ0) is 14.0. The second-order valence-corrected chi connectivity index (χ2v) is 6.11. The summed E-state index contributed by atoms with van der Waals surface area (Å²) in [5.74, 6) is 0. The molecular weight excluding hydrogens is 228 g/mol. The van der Waals surface area contributed by atoms with Crippen molar-refractivity contribution in [1.82, 2.24) is 0 Å². The molecule has 19 heavy (non-hydrogen) atoms. The predicted molar refractivity (Wildman–Crippen MR) is 89.5 cm³/mol. The van der Waals surface area contributed by atoms with Crippen LogP contribution in [0.15, 0.2) is 0 Å². The van der Waals surface area contributed by atoms with Crippen LogP contribution in [-0.2, 0) is 0 Å². The molecule has 0 aliphatic rings. The van der Waals surface area contributed by atoms with Crippen LogP contribution in [0.1, 0.15) is 117 Å². The Labute approximate surface area is 123 Å². The van der Waals surface area contributed by atoms with E-state index in [0.717, 1.165) is 0 Å². The lowest BCUT2D eigenvalue weighted by molar-refractivity contribution is 0.568. The zero-order valence-corrected chi connectivity index (χ0v) is 13.9. The van der Waals surface area contributed by atoms with Crippen LogP contribution in [0.25, 0.3) is 0 Å². The third kappa shape index (κ3) is 18.0. The van der Waals surface area contributed by atoms with Gasteiger partial charge in [-0.25, -0.2) is 0 Å². The van der Waals surface area contributed by atoms with Gasteiger partial charge in [-0.3, -0.25) is 0 Å². The van der Waals surface area contributed by atoms with Gasteiger partial charge in [0, 0.05) is 0 Å². The Bertz CT molecular complexity index is 123. The molecule has 0 nitrogen and oxygen atoms in total. The van der Waals surface area contributed by atoms with Crippen molar-refractivity contribution < 1.29 is 0 Å². The van der Waals surface area contributed by atoms with Crippen molar-refractivity contribution in [3.8, 4) is 0 Å². The van der Waals surface area contributed by atoms with E-state index >= 15 is 0 Å². The lowest BCUT2D eigenvalue weighted by atomic mass is 10.0. The molecule has 0 bridgehead atoms. The highest BCUT2D eigenvalue weighted by atomic mass is 14.0. The largest absolute Gasteiger partial charge is 0.0654 e. The molecular formula is C19H39. The fourth-order valence-corrected chi connectivity index (χ4v) is 2.64. The van der Waals surface area contributed by atoms with E-state index in [1.165, 1.54) is 103 Å². The highest BCUT2D eigenvalue weighted by molar-refractivity contribution is 4.64. The summed E-state index contributed by atoms with van der Waals surface area (Å²) >= 11 is 0. The van der Waals surface area contributed by atoms with Gasteiger partial charge in [-0.15, -0.1) is 0 Å².